The van der Waals surface area contributed by atoms with Crippen LogP contribution in [0.2, 0.25) is 0 Å². The zero-order valence-corrected chi connectivity index (χ0v) is 12.0. The van der Waals surface area contributed by atoms with Crippen molar-refractivity contribution in [2.24, 2.45) is 0 Å². The molecule has 0 atom stereocenters. The van der Waals surface area contributed by atoms with E-state index in [1.165, 1.54) is 31.2 Å². The van der Waals surface area contributed by atoms with Crippen LogP contribution in [0.1, 0.15) is 37.1 Å². The minimum Gasteiger partial charge on any atom is -0.419 e. The third-order valence-corrected chi connectivity index (χ3v) is 3.79. The largest absolute Gasteiger partial charge is 0.419 e. The van der Waals surface area contributed by atoms with E-state index in [0.29, 0.717) is 5.89 Å². The van der Waals surface area contributed by atoms with Crippen LogP contribution in [0.3, 0.4) is 0 Å². The molecule has 0 radical (unpaired) electrons. The predicted octanol–water partition coefficient (Wildman–Crippen LogP) is 3.42. The van der Waals surface area contributed by atoms with Gasteiger partial charge in [-0.25, -0.2) is 0 Å². The number of aryl methyl sites for hydroxylation is 1. The van der Waals surface area contributed by atoms with Crippen molar-refractivity contribution in [3.8, 4) is 11.5 Å². The molecular formula is C16H21N3O. The SMILES string of the molecule is Cc1cccc(-c2nnc(CN3CCCCCC3)o2)c1. The van der Waals surface area contributed by atoms with Crippen LogP contribution in [0.15, 0.2) is 28.7 Å². The summed E-state index contributed by atoms with van der Waals surface area (Å²) in [7, 11) is 0. The first-order valence-electron chi connectivity index (χ1n) is 7.43. The highest BCUT2D eigenvalue weighted by Crippen LogP contribution is 2.20. The van der Waals surface area contributed by atoms with Crippen LogP contribution in [-0.4, -0.2) is 28.2 Å². The lowest BCUT2D eigenvalue weighted by molar-refractivity contribution is 0.249. The van der Waals surface area contributed by atoms with E-state index in [4.69, 9.17) is 4.42 Å². The molecule has 0 unspecified atom stereocenters. The number of hydrogen-bond acceptors (Lipinski definition) is 4. The van der Waals surface area contributed by atoms with E-state index in [-0.39, 0.29) is 0 Å². The molecule has 1 aromatic heterocycles. The summed E-state index contributed by atoms with van der Waals surface area (Å²) in [5, 5.41) is 8.36. The molecule has 0 N–H and O–H groups in total. The number of nitrogens with zero attached hydrogens (tertiary/aromatic N) is 3. The van der Waals surface area contributed by atoms with E-state index in [9.17, 15) is 0 Å². The van der Waals surface area contributed by atoms with E-state index in [0.717, 1.165) is 31.1 Å². The molecule has 4 nitrogen and oxygen atoms in total. The van der Waals surface area contributed by atoms with Crippen LogP contribution < -0.4 is 0 Å². The van der Waals surface area contributed by atoms with E-state index >= 15 is 0 Å². The Morgan fingerprint density at radius 3 is 2.65 bits per heavy atom. The van der Waals surface area contributed by atoms with Gasteiger partial charge in [-0.3, -0.25) is 4.90 Å². The first kappa shape index (κ1) is 13.3. The zero-order chi connectivity index (χ0) is 13.8. The van der Waals surface area contributed by atoms with Crippen molar-refractivity contribution in [2.75, 3.05) is 13.1 Å². The molecule has 0 amide bonds. The smallest absolute Gasteiger partial charge is 0.247 e. The molecule has 0 saturated carbocycles. The molecule has 0 aliphatic carbocycles. The average molecular weight is 271 g/mol. The second-order valence-corrected chi connectivity index (χ2v) is 5.56. The molecular weight excluding hydrogens is 250 g/mol. The Morgan fingerprint density at radius 1 is 1.10 bits per heavy atom. The van der Waals surface area contributed by atoms with Crippen molar-refractivity contribution in [1.82, 2.24) is 15.1 Å². The van der Waals surface area contributed by atoms with Gasteiger partial charge in [-0.05, 0) is 45.0 Å². The summed E-state index contributed by atoms with van der Waals surface area (Å²) in [4.78, 5) is 2.42. The van der Waals surface area contributed by atoms with Gasteiger partial charge in [0, 0.05) is 5.56 Å². The monoisotopic (exact) mass is 271 g/mol. The van der Waals surface area contributed by atoms with Gasteiger partial charge in [-0.2, -0.15) is 0 Å². The Kier molecular flexibility index (Phi) is 4.11. The van der Waals surface area contributed by atoms with Crippen molar-refractivity contribution < 1.29 is 4.42 Å². The van der Waals surface area contributed by atoms with Crippen molar-refractivity contribution >= 4 is 0 Å². The molecule has 106 valence electrons. The molecule has 0 spiro atoms. The van der Waals surface area contributed by atoms with Gasteiger partial charge in [0.2, 0.25) is 11.8 Å². The van der Waals surface area contributed by atoms with Crippen LogP contribution in [0.4, 0.5) is 0 Å². The molecule has 1 fully saturated rings. The van der Waals surface area contributed by atoms with Crippen LogP contribution in [0, 0.1) is 6.92 Å². The van der Waals surface area contributed by atoms with Crippen LogP contribution in [-0.2, 0) is 6.54 Å². The third-order valence-electron chi connectivity index (χ3n) is 3.79. The Balaban J connectivity index is 1.70. The van der Waals surface area contributed by atoms with E-state index in [2.05, 4.69) is 34.2 Å². The van der Waals surface area contributed by atoms with Crippen molar-refractivity contribution in [3.05, 3.63) is 35.7 Å². The summed E-state index contributed by atoms with van der Waals surface area (Å²) in [5.74, 6) is 1.35. The maximum Gasteiger partial charge on any atom is 0.247 e. The van der Waals surface area contributed by atoms with E-state index < -0.39 is 0 Å². The summed E-state index contributed by atoms with van der Waals surface area (Å²) >= 11 is 0. The predicted molar refractivity (Wildman–Crippen MR) is 78.2 cm³/mol. The topological polar surface area (TPSA) is 42.2 Å². The normalized spacial score (nSPS) is 17.1. The van der Waals surface area contributed by atoms with Crippen LogP contribution in [0.5, 0.6) is 0 Å². The molecule has 1 aliphatic rings. The first-order valence-corrected chi connectivity index (χ1v) is 7.43. The second-order valence-electron chi connectivity index (χ2n) is 5.56. The molecule has 3 rings (SSSR count). The maximum absolute atomic E-state index is 5.80. The molecule has 1 aliphatic heterocycles. The van der Waals surface area contributed by atoms with Gasteiger partial charge in [0.1, 0.15) is 0 Å². The zero-order valence-electron chi connectivity index (χ0n) is 12.0. The third kappa shape index (κ3) is 3.25. The molecule has 2 aromatic rings. The minimum absolute atomic E-state index is 0.624. The summed E-state index contributed by atoms with van der Waals surface area (Å²) in [6, 6.07) is 8.17. The van der Waals surface area contributed by atoms with E-state index in [1.807, 2.05) is 12.1 Å². The summed E-state index contributed by atoms with van der Waals surface area (Å²) in [6.07, 6.45) is 5.24. The van der Waals surface area contributed by atoms with Gasteiger partial charge >= 0.3 is 0 Å². The average Bonchev–Trinajstić information content (AvgIpc) is 2.75. The van der Waals surface area contributed by atoms with Crippen molar-refractivity contribution in [3.63, 3.8) is 0 Å². The lowest BCUT2D eigenvalue weighted by atomic mass is 10.1. The number of benzene rings is 1. The minimum atomic E-state index is 0.624. The van der Waals surface area contributed by atoms with Crippen molar-refractivity contribution in [2.45, 2.75) is 39.2 Å². The molecule has 0 bridgehead atoms. The van der Waals surface area contributed by atoms with Gasteiger partial charge in [-0.1, -0.05) is 30.5 Å². The van der Waals surface area contributed by atoms with Gasteiger partial charge in [0.05, 0.1) is 6.54 Å². The number of likely N-dealkylation sites (tertiary alicyclic amines) is 1. The van der Waals surface area contributed by atoms with Gasteiger partial charge < -0.3 is 4.42 Å². The Morgan fingerprint density at radius 2 is 1.90 bits per heavy atom. The Labute approximate surface area is 119 Å². The highest BCUT2D eigenvalue weighted by Gasteiger charge is 2.14. The maximum atomic E-state index is 5.80. The molecule has 20 heavy (non-hydrogen) atoms. The first-order chi connectivity index (χ1) is 9.81. The second kappa shape index (κ2) is 6.18. The lowest BCUT2D eigenvalue weighted by Gasteiger charge is -2.16. The molecule has 1 saturated heterocycles. The van der Waals surface area contributed by atoms with Crippen LogP contribution >= 0.6 is 0 Å². The fourth-order valence-electron chi connectivity index (χ4n) is 2.70. The van der Waals surface area contributed by atoms with Crippen molar-refractivity contribution in [1.29, 1.82) is 0 Å². The standard InChI is InChI=1S/C16H21N3O/c1-13-7-6-8-14(11-13)16-18-17-15(20-16)12-19-9-4-2-3-5-10-19/h6-8,11H,2-5,9-10,12H2,1H3. The highest BCUT2D eigenvalue weighted by atomic mass is 16.4. The number of aromatic nitrogens is 2. The van der Waals surface area contributed by atoms with Gasteiger partial charge in [0.15, 0.2) is 0 Å². The quantitative estimate of drug-likeness (QED) is 0.857. The fraction of sp³-hybridized carbons (Fsp3) is 0.500. The summed E-state index contributed by atoms with van der Waals surface area (Å²) in [6.45, 7) is 5.13. The van der Waals surface area contributed by atoms with E-state index in [1.54, 1.807) is 0 Å². The lowest BCUT2D eigenvalue weighted by Crippen LogP contribution is -2.24. The highest BCUT2D eigenvalue weighted by molar-refractivity contribution is 5.53. The van der Waals surface area contributed by atoms with Crippen LogP contribution in [0.25, 0.3) is 11.5 Å². The molecule has 1 aromatic carbocycles. The summed E-state index contributed by atoms with van der Waals surface area (Å²) in [5.41, 5.74) is 2.20. The molecule has 2 heterocycles. The molecule has 4 heteroatoms. The van der Waals surface area contributed by atoms with Gasteiger partial charge in [0.25, 0.3) is 0 Å². The Bertz CT molecular complexity index is 556. The van der Waals surface area contributed by atoms with Gasteiger partial charge in [-0.15, -0.1) is 10.2 Å². The number of rotatable bonds is 3. The Hall–Kier alpha value is -1.68. The summed E-state index contributed by atoms with van der Waals surface area (Å²) < 4.78 is 5.80. The fourth-order valence-corrected chi connectivity index (χ4v) is 2.70. The number of hydrogen-bond donors (Lipinski definition) is 0.